The number of likely N-dealkylation sites (N-methyl/N-ethyl adjacent to an activating group) is 1. The van der Waals surface area contributed by atoms with E-state index in [9.17, 15) is 9.18 Å². The number of nitrogens with zero attached hydrogens (tertiary/aromatic N) is 2. The van der Waals surface area contributed by atoms with Crippen molar-refractivity contribution in [3.63, 3.8) is 0 Å². The van der Waals surface area contributed by atoms with Gasteiger partial charge in [-0.1, -0.05) is 11.6 Å². The first-order valence-electron chi connectivity index (χ1n) is 9.99. The second-order valence-corrected chi connectivity index (χ2v) is 7.85. The Hall–Kier alpha value is -3.03. The lowest BCUT2D eigenvalue weighted by Crippen LogP contribution is -2.44. The fourth-order valence-electron chi connectivity index (χ4n) is 3.38. The highest BCUT2D eigenvalue weighted by Gasteiger charge is 2.20. The number of hydrogen-bond acceptors (Lipinski definition) is 5. The predicted molar refractivity (Wildman–Crippen MR) is 119 cm³/mol. The van der Waals surface area contributed by atoms with Gasteiger partial charge in [0.1, 0.15) is 23.9 Å². The Morgan fingerprint density at radius 3 is 2.58 bits per heavy atom. The van der Waals surface area contributed by atoms with Crippen LogP contribution in [0.4, 0.5) is 15.8 Å². The van der Waals surface area contributed by atoms with Gasteiger partial charge in [0.25, 0.3) is 5.91 Å². The molecule has 0 bridgehead atoms. The minimum Gasteiger partial charge on any atom is -0.486 e. The molecule has 0 aliphatic carbocycles. The van der Waals surface area contributed by atoms with Crippen LogP contribution in [0.1, 0.15) is 16.3 Å². The van der Waals surface area contributed by atoms with Gasteiger partial charge in [-0.3, -0.25) is 4.79 Å². The monoisotopic (exact) mass is 443 g/mol. The number of nitrogens with one attached hydrogen (secondary N) is 1. The lowest BCUT2D eigenvalue weighted by Gasteiger charge is -2.35. The molecule has 1 N–H and O–H groups in total. The van der Waals surface area contributed by atoms with Crippen LogP contribution in [0.5, 0.6) is 5.75 Å². The molecule has 1 aliphatic heterocycles. The van der Waals surface area contributed by atoms with Gasteiger partial charge in [0.2, 0.25) is 0 Å². The van der Waals surface area contributed by atoms with Crippen molar-refractivity contribution in [3.05, 3.63) is 77.0 Å². The van der Waals surface area contributed by atoms with Gasteiger partial charge in [-0.05, 0) is 61.6 Å². The first kappa shape index (κ1) is 21.2. The number of anilines is 2. The van der Waals surface area contributed by atoms with Crippen molar-refractivity contribution < 1.29 is 18.3 Å². The highest BCUT2D eigenvalue weighted by molar-refractivity contribution is 6.31. The zero-order valence-electron chi connectivity index (χ0n) is 17.1. The van der Waals surface area contributed by atoms with E-state index in [1.165, 1.54) is 24.3 Å². The standard InChI is InChI=1S/C23H23ClFN3O3/c1-27-10-12-28(13-11-27)21-8-2-16(24)14-20(21)26-23(29)22-9-7-19(31-22)15-30-18-5-3-17(25)4-6-18/h2-9,14H,10-13,15H2,1H3,(H,26,29). The van der Waals surface area contributed by atoms with Crippen LogP contribution in [0.25, 0.3) is 0 Å². The fourth-order valence-corrected chi connectivity index (χ4v) is 3.55. The number of ether oxygens (including phenoxy) is 1. The Balaban J connectivity index is 1.42. The lowest BCUT2D eigenvalue weighted by atomic mass is 10.2. The van der Waals surface area contributed by atoms with Crippen molar-refractivity contribution in [2.45, 2.75) is 6.61 Å². The van der Waals surface area contributed by atoms with Gasteiger partial charge in [0.05, 0.1) is 11.4 Å². The van der Waals surface area contributed by atoms with Crippen LogP contribution in [0.15, 0.2) is 59.0 Å². The Morgan fingerprint density at radius 2 is 1.84 bits per heavy atom. The van der Waals surface area contributed by atoms with Crippen LogP contribution in [0.2, 0.25) is 5.02 Å². The van der Waals surface area contributed by atoms with Gasteiger partial charge in [0.15, 0.2) is 5.76 Å². The maximum absolute atomic E-state index is 13.0. The largest absolute Gasteiger partial charge is 0.486 e. The minimum atomic E-state index is -0.370. The summed E-state index contributed by atoms with van der Waals surface area (Å²) < 4.78 is 24.2. The highest BCUT2D eigenvalue weighted by atomic mass is 35.5. The van der Waals surface area contributed by atoms with Crippen LogP contribution < -0.4 is 15.0 Å². The van der Waals surface area contributed by atoms with Gasteiger partial charge in [-0.25, -0.2) is 4.39 Å². The highest BCUT2D eigenvalue weighted by Crippen LogP contribution is 2.30. The van der Waals surface area contributed by atoms with E-state index in [4.69, 9.17) is 20.8 Å². The summed E-state index contributed by atoms with van der Waals surface area (Å²) in [6, 6.07) is 14.5. The summed E-state index contributed by atoms with van der Waals surface area (Å²) in [5.74, 6) is 0.466. The van der Waals surface area contributed by atoms with E-state index >= 15 is 0 Å². The molecule has 31 heavy (non-hydrogen) atoms. The van der Waals surface area contributed by atoms with Crippen molar-refractivity contribution in [2.75, 3.05) is 43.4 Å². The summed E-state index contributed by atoms with van der Waals surface area (Å²) in [6.07, 6.45) is 0. The number of piperazine rings is 1. The molecular formula is C23H23ClFN3O3. The van der Waals surface area contributed by atoms with E-state index in [2.05, 4.69) is 22.2 Å². The van der Waals surface area contributed by atoms with Crippen molar-refractivity contribution in [2.24, 2.45) is 0 Å². The summed E-state index contributed by atoms with van der Waals surface area (Å²) in [4.78, 5) is 17.3. The van der Waals surface area contributed by atoms with Crippen LogP contribution in [0, 0.1) is 5.82 Å². The van der Waals surface area contributed by atoms with Crippen LogP contribution in [0.3, 0.4) is 0 Å². The van der Waals surface area contributed by atoms with Crippen molar-refractivity contribution >= 4 is 28.9 Å². The third-order valence-corrected chi connectivity index (χ3v) is 5.37. The van der Waals surface area contributed by atoms with E-state index in [-0.39, 0.29) is 24.1 Å². The van der Waals surface area contributed by atoms with Gasteiger partial charge < -0.3 is 24.3 Å². The van der Waals surface area contributed by atoms with E-state index < -0.39 is 0 Å². The average molecular weight is 444 g/mol. The molecule has 2 aromatic carbocycles. The molecule has 6 nitrogen and oxygen atoms in total. The van der Waals surface area contributed by atoms with E-state index in [0.717, 1.165) is 31.9 Å². The van der Waals surface area contributed by atoms with E-state index in [1.54, 1.807) is 18.2 Å². The predicted octanol–water partition coefficient (Wildman–Crippen LogP) is 4.66. The second-order valence-electron chi connectivity index (χ2n) is 7.41. The molecule has 8 heteroatoms. The summed E-state index contributed by atoms with van der Waals surface area (Å²) in [5, 5.41) is 3.46. The molecule has 3 aromatic rings. The van der Waals surface area contributed by atoms with Crippen LogP contribution in [-0.4, -0.2) is 44.0 Å². The third kappa shape index (κ3) is 5.37. The van der Waals surface area contributed by atoms with Gasteiger partial charge in [-0.15, -0.1) is 0 Å². The quantitative estimate of drug-likeness (QED) is 0.600. The smallest absolute Gasteiger partial charge is 0.291 e. The second kappa shape index (κ2) is 9.41. The topological polar surface area (TPSA) is 58.0 Å². The fraction of sp³-hybridized carbons (Fsp3) is 0.261. The molecular weight excluding hydrogens is 421 g/mol. The van der Waals surface area contributed by atoms with Gasteiger partial charge in [0, 0.05) is 31.2 Å². The van der Waals surface area contributed by atoms with Crippen molar-refractivity contribution in [3.8, 4) is 5.75 Å². The Bertz CT molecular complexity index is 1050. The van der Waals surface area contributed by atoms with Crippen molar-refractivity contribution in [1.29, 1.82) is 0 Å². The summed E-state index contributed by atoms with van der Waals surface area (Å²) in [7, 11) is 2.09. The summed E-state index contributed by atoms with van der Waals surface area (Å²) >= 11 is 6.18. The van der Waals surface area contributed by atoms with Crippen LogP contribution in [-0.2, 0) is 6.61 Å². The maximum Gasteiger partial charge on any atom is 0.291 e. The Morgan fingerprint density at radius 1 is 1.10 bits per heavy atom. The Labute approximate surface area is 185 Å². The molecule has 162 valence electrons. The SMILES string of the molecule is CN1CCN(c2ccc(Cl)cc2NC(=O)c2ccc(COc3ccc(F)cc3)o2)CC1. The molecule has 0 atom stereocenters. The van der Waals surface area contributed by atoms with E-state index in [0.29, 0.717) is 22.2 Å². The molecule has 1 fully saturated rings. The minimum absolute atomic E-state index is 0.128. The summed E-state index contributed by atoms with van der Waals surface area (Å²) in [6.45, 7) is 3.76. The summed E-state index contributed by atoms with van der Waals surface area (Å²) in [5.41, 5.74) is 1.57. The number of carbonyl (C=O) groups is 1. The zero-order valence-corrected chi connectivity index (χ0v) is 17.9. The first-order chi connectivity index (χ1) is 15.0. The molecule has 4 rings (SSSR count). The third-order valence-electron chi connectivity index (χ3n) is 5.13. The first-order valence-corrected chi connectivity index (χ1v) is 10.4. The molecule has 1 aliphatic rings. The molecule has 1 amide bonds. The van der Waals surface area contributed by atoms with E-state index in [1.807, 2.05) is 12.1 Å². The zero-order chi connectivity index (χ0) is 21.8. The van der Waals surface area contributed by atoms with Gasteiger partial charge in [-0.2, -0.15) is 0 Å². The normalized spacial score (nSPS) is 14.5. The Kier molecular flexibility index (Phi) is 6.44. The lowest BCUT2D eigenvalue weighted by molar-refractivity contribution is 0.0992. The molecule has 1 saturated heterocycles. The average Bonchev–Trinajstić information content (AvgIpc) is 3.24. The molecule has 0 spiro atoms. The molecule has 0 unspecified atom stereocenters. The number of hydrogen-bond donors (Lipinski definition) is 1. The number of halogens is 2. The van der Waals surface area contributed by atoms with Crippen molar-refractivity contribution in [1.82, 2.24) is 4.90 Å². The number of carbonyl (C=O) groups excluding carboxylic acids is 1. The molecule has 0 radical (unpaired) electrons. The molecule has 0 saturated carbocycles. The number of furan rings is 1. The molecule has 1 aromatic heterocycles. The number of rotatable bonds is 6. The molecule has 2 heterocycles. The van der Waals surface area contributed by atoms with Crippen LogP contribution >= 0.6 is 11.6 Å². The number of benzene rings is 2. The van der Waals surface area contributed by atoms with Gasteiger partial charge >= 0.3 is 0 Å². The maximum atomic E-state index is 13.0. The number of amides is 1.